The molecule has 206 valence electrons. The molecule has 1 aliphatic carbocycles. The Morgan fingerprint density at radius 1 is 1.16 bits per heavy atom. The number of nitrogens with zero attached hydrogens (tertiary/aromatic N) is 1. The second kappa shape index (κ2) is 11.6. The normalized spacial score (nSPS) is 26.8. The molecule has 1 N–H and O–H groups in total. The molecule has 3 nitrogen and oxygen atoms in total. The first-order valence-electron chi connectivity index (χ1n) is 13.6. The van der Waals surface area contributed by atoms with Gasteiger partial charge in [0, 0.05) is 19.1 Å². The number of carbonyl (C=O) groups is 1. The van der Waals surface area contributed by atoms with Gasteiger partial charge < -0.3 is 10.2 Å². The zero-order chi connectivity index (χ0) is 27.5. The maximum Gasteiger partial charge on any atom is 0.416 e. The van der Waals surface area contributed by atoms with Crippen LogP contribution in [0.25, 0.3) is 6.08 Å². The smallest absolute Gasteiger partial charge is 0.352 e. The molecule has 1 saturated heterocycles. The summed E-state index contributed by atoms with van der Waals surface area (Å²) in [5, 5.41) is 2.84. The molecule has 2 aliphatic rings. The van der Waals surface area contributed by atoms with Gasteiger partial charge in [0.1, 0.15) is 5.82 Å². The number of piperidine rings is 1. The van der Waals surface area contributed by atoms with Crippen molar-refractivity contribution in [1.29, 1.82) is 0 Å². The summed E-state index contributed by atoms with van der Waals surface area (Å²) < 4.78 is 53.1. The van der Waals surface area contributed by atoms with Gasteiger partial charge >= 0.3 is 6.18 Å². The number of nitrogens with one attached hydrogen (secondary N) is 1. The van der Waals surface area contributed by atoms with E-state index in [9.17, 15) is 22.4 Å². The lowest BCUT2D eigenvalue weighted by atomic mass is 9.74. The Morgan fingerprint density at radius 2 is 1.89 bits per heavy atom. The van der Waals surface area contributed by atoms with Crippen LogP contribution in [0.3, 0.4) is 0 Å². The van der Waals surface area contributed by atoms with E-state index in [0.29, 0.717) is 23.9 Å². The number of hydrogen-bond donors (Lipinski definition) is 1. The molecule has 2 aromatic carbocycles. The predicted octanol–water partition coefficient (Wildman–Crippen LogP) is 7.33. The van der Waals surface area contributed by atoms with Crippen molar-refractivity contribution in [1.82, 2.24) is 10.2 Å². The summed E-state index contributed by atoms with van der Waals surface area (Å²) in [5.74, 6) is -0.0166. The van der Waals surface area contributed by atoms with Crippen molar-refractivity contribution < 1.29 is 22.4 Å². The standard InChI is InChI=1S/C31H38F4N2O/c1-21(2)30(29(38)36-19-24-15-26(31(33,34)35)17-27(32)16-24)13-11-28(18-30)37-14-12-25(22(3)20-37)10-9-23-7-5-4-6-8-23/h4-10,15-17,21-22,25,28H,11-14,18-20H2,1-3H3,(H,36,38)/b10-9-/t22-,25+,28?,30?/m0/s1. The monoisotopic (exact) mass is 530 g/mol. The molecule has 1 saturated carbocycles. The number of alkyl halides is 3. The van der Waals surface area contributed by atoms with Crippen LogP contribution in [0.1, 0.15) is 63.1 Å². The highest BCUT2D eigenvalue weighted by molar-refractivity contribution is 5.83. The molecule has 0 spiro atoms. The highest BCUT2D eigenvalue weighted by Crippen LogP contribution is 2.47. The number of carbonyl (C=O) groups excluding carboxylic acids is 1. The first kappa shape index (κ1) is 28.3. The molecule has 2 unspecified atom stereocenters. The van der Waals surface area contributed by atoms with E-state index in [4.69, 9.17) is 0 Å². The Hall–Kier alpha value is -2.67. The second-order valence-corrected chi connectivity index (χ2v) is 11.4. The summed E-state index contributed by atoms with van der Waals surface area (Å²) in [7, 11) is 0. The van der Waals surface area contributed by atoms with Gasteiger partial charge in [-0.15, -0.1) is 0 Å². The van der Waals surface area contributed by atoms with Crippen LogP contribution in [-0.2, 0) is 17.5 Å². The van der Waals surface area contributed by atoms with E-state index in [1.807, 2.05) is 32.0 Å². The molecule has 1 heterocycles. The third-order valence-corrected chi connectivity index (χ3v) is 8.67. The lowest BCUT2D eigenvalue weighted by molar-refractivity contribution is -0.137. The highest BCUT2D eigenvalue weighted by Gasteiger charge is 2.49. The average Bonchev–Trinajstić information content (AvgIpc) is 3.33. The zero-order valence-corrected chi connectivity index (χ0v) is 22.4. The van der Waals surface area contributed by atoms with Gasteiger partial charge in [0.15, 0.2) is 0 Å². The number of hydrogen-bond acceptors (Lipinski definition) is 2. The molecule has 1 amide bonds. The molecule has 38 heavy (non-hydrogen) atoms. The highest BCUT2D eigenvalue weighted by atomic mass is 19.4. The Morgan fingerprint density at radius 3 is 2.55 bits per heavy atom. The molecule has 4 atom stereocenters. The van der Waals surface area contributed by atoms with Crippen LogP contribution in [0.4, 0.5) is 17.6 Å². The van der Waals surface area contributed by atoms with E-state index >= 15 is 0 Å². The largest absolute Gasteiger partial charge is 0.416 e. The molecule has 7 heteroatoms. The van der Waals surface area contributed by atoms with Crippen molar-refractivity contribution in [2.45, 2.75) is 65.2 Å². The molecule has 4 rings (SSSR count). The van der Waals surface area contributed by atoms with Crippen molar-refractivity contribution >= 4 is 12.0 Å². The fourth-order valence-corrected chi connectivity index (χ4v) is 6.24. The second-order valence-electron chi connectivity index (χ2n) is 11.4. The average molecular weight is 531 g/mol. The van der Waals surface area contributed by atoms with Gasteiger partial charge in [0.05, 0.1) is 11.0 Å². The van der Waals surface area contributed by atoms with Gasteiger partial charge in [-0.05, 0) is 79.3 Å². The van der Waals surface area contributed by atoms with Gasteiger partial charge in [-0.3, -0.25) is 4.79 Å². The molecule has 1 aliphatic heterocycles. The quantitative estimate of drug-likeness (QED) is 0.380. The molecule has 0 aromatic heterocycles. The topological polar surface area (TPSA) is 32.3 Å². The molecular weight excluding hydrogens is 492 g/mol. The predicted molar refractivity (Wildman–Crippen MR) is 142 cm³/mol. The summed E-state index contributed by atoms with van der Waals surface area (Å²) in [6, 6.07) is 13.0. The summed E-state index contributed by atoms with van der Waals surface area (Å²) >= 11 is 0. The van der Waals surface area contributed by atoms with Crippen molar-refractivity contribution in [3.8, 4) is 0 Å². The number of amides is 1. The van der Waals surface area contributed by atoms with Crippen molar-refractivity contribution in [3.63, 3.8) is 0 Å². The third-order valence-electron chi connectivity index (χ3n) is 8.67. The first-order valence-corrected chi connectivity index (χ1v) is 13.6. The van der Waals surface area contributed by atoms with Crippen molar-refractivity contribution in [2.75, 3.05) is 13.1 Å². The molecule has 0 bridgehead atoms. The van der Waals surface area contributed by atoms with Crippen LogP contribution >= 0.6 is 0 Å². The summed E-state index contributed by atoms with van der Waals surface area (Å²) in [6.07, 6.45) is 3.35. The minimum absolute atomic E-state index is 0.0783. The maximum atomic E-state index is 13.8. The lowest BCUT2D eigenvalue weighted by Crippen LogP contribution is -2.47. The minimum Gasteiger partial charge on any atom is -0.352 e. The van der Waals surface area contributed by atoms with E-state index in [0.717, 1.165) is 50.9 Å². The van der Waals surface area contributed by atoms with Crippen LogP contribution in [0.15, 0.2) is 54.6 Å². The fraction of sp³-hybridized carbons (Fsp3) is 0.516. The van der Waals surface area contributed by atoms with Gasteiger partial charge in [-0.1, -0.05) is 63.3 Å². The molecule has 2 aromatic rings. The summed E-state index contributed by atoms with van der Waals surface area (Å²) in [4.78, 5) is 16.0. The minimum atomic E-state index is -4.64. The number of rotatable bonds is 7. The number of halogens is 4. The fourth-order valence-electron chi connectivity index (χ4n) is 6.24. The molecular formula is C31H38F4N2O. The number of allylic oxidation sites excluding steroid dienone is 1. The Labute approximate surface area is 223 Å². The van der Waals surface area contributed by atoms with E-state index in [1.54, 1.807) is 0 Å². The van der Waals surface area contributed by atoms with Crippen LogP contribution < -0.4 is 5.32 Å². The van der Waals surface area contributed by atoms with E-state index in [1.165, 1.54) is 5.56 Å². The Bertz CT molecular complexity index is 1130. The van der Waals surface area contributed by atoms with Crippen molar-refractivity contribution in [2.24, 2.45) is 23.2 Å². The third kappa shape index (κ3) is 6.48. The number of benzene rings is 2. The molecule has 2 fully saturated rings. The Balaban J connectivity index is 1.37. The van der Waals surface area contributed by atoms with Gasteiger partial charge in [0.25, 0.3) is 0 Å². The van der Waals surface area contributed by atoms with Crippen molar-refractivity contribution in [3.05, 3.63) is 77.1 Å². The van der Waals surface area contributed by atoms with E-state index < -0.39 is 23.0 Å². The van der Waals surface area contributed by atoms with E-state index in [-0.39, 0.29) is 23.9 Å². The zero-order valence-electron chi connectivity index (χ0n) is 22.4. The Kier molecular flexibility index (Phi) is 8.65. The number of likely N-dealkylation sites (tertiary alicyclic amines) is 1. The SMILES string of the molecule is CC(C)C1(C(=O)NCc2cc(F)cc(C(F)(F)F)c2)CCC(N2CC[C@@H](/C=C\c3ccccc3)[C@@H](C)C2)C1. The van der Waals surface area contributed by atoms with Crippen LogP contribution in [0, 0.1) is 29.0 Å². The maximum absolute atomic E-state index is 13.8. The summed E-state index contributed by atoms with van der Waals surface area (Å²) in [6.45, 7) is 8.20. The van der Waals surface area contributed by atoms with Crippen LogP contribution in [0.2, 0.25) is 0 Å². The van der Waals surface area contributed by atoms with Gasteiger partial charge in [-0.25, -0.2) is 4.39 Å². The molecule has 0 radical (unpaired) electrons. The first-order chi connectivity index (χ1) is 18.0. The van der Waals surface area contributed by atoms with Gasteiger partial charge in [0.2, 0.25) is 5.91 Å². The van der Waals surface area contributed by atoms with Crippen LogP contribution in [-0.4, -0.2) is 29.9 Å². The van der Waals surface area contributed by atoms with E-state index in [2.05, 4.69) is 41.4 Å². The lowest BCUT2D eigenvalue weighted by Gasteiger charge is -2.40. The summed E-state index contributed by atoms with van der Waals surface area (Å²) in [5.41, 5.74) is -0.312. The van der Waals surface area contributed by atoms with Crippen LogP contribution in [0.5, 0.6) is 0 Å². The van der Waals surface area contributed by atoms with Gasteiger partial charge in [-0.2, -0.15) is 13.2 Å².